The Labute approximate surface area is 139 Å². The van der Waals surface area contributed by atoms with Gasteiger partial charge in [-0.2, -0.15) is 0 Å². The molecule has 0 saturated carbocycles. The normalized spacial score (nSPS) is 10.1. The molecule has 0 aliphatic carbocycles. The van der Waals surface area contributed by atoms with E-state index in [1.54, 1.807) is 6.07 Å². The van der Waals surface area contributed by atoms with Crippen LogP contribution in [0.1, 0.15) is 22.5 Å². The standard InChI is InChI=1S/C17H20N2O3S/c20-16(18-11-12-22-14-6-2-1-3-7-14)9-4-10-19-17(21)15-8-5-13-23-15/h1-3,5-8,13H,4,9-12H2,(H,18,20)(H,19,21). The fraction of sp³-hybridized carbons (Fsp3) is 0.294. The van der Waals surface area contributed by atoms with Crippen LogP contribution < -0.4 is 15.4 Å². The molecule has 0 atom stereocenters. The van der Waals surface area contributed by atoms with Crippen LogP contribution in [0.2, 0.25) is 0 Å². The Bertz CT molecular complexity index is 600. The molecule has 23 heavy (non-hydrogen) atoms. The Morgan fingerprint density at radius 1 is 1.00 bits per heavy atom. The predicted octanol–water partition coefficient (Wildman–Crippen LogP) is 2.45. The van der Waals surface area contributed by atoms with E-state index in [2.05, 4.69) is 10.6 Å². The number of benzene rings is 1. The van der Waals surface area contributed by atoms with Gasteiger partial charge in [0.05, 0.1) is 11.4 Å². The molecule has 2 amide bonds. The SMILES string of the molecule is O=C(CCCNC(=O)c1cccs1)NCCOc1ccccc1. The molecule has 0 bridgehead atoms. The first-order chi connectivity index (χ1) is 11.3. The van der Waals surface area contributed by atoms with E-state index in [0.29, 0.717) is 37.4 Å². The third-order valence-corrected chi connectivity index (χ3v) is 3.92. The fourth-order valence-corrected chi connectivity index (χ4v) is 2.55. The van der Waals surface area contributed by atoms with Gasteiger partial charge in [-0.15, -0.1) is 11.3 Å². The molecule has 0 saturated heterocycles. The second kappa shape index (κ2) is 9.63. The third kappa shape index (κ3) is 6.52. The van der Waals surface area contributed by atoms with Gasteiger partial charge in [-0.05, 0) is 30.0 Å². The number of carbonyl (C=O) groups is 2. The molecule has 1 aromatic carbocycles. The van der Waals surface area contributed by atoms with Crippen molar-refractivity contribution in [2.75, 3.05) is 19.7 Å². The Balaban J connectivity index is 1.49. The van der Waals surface area contributed by atoms with E-state index in [4.69, 9.17) is 4.74 Å². The number of amides is 2. The summed E-state index contributed by atoms with van der Waals surface area (Å²) in [6, 6.07) is 13.1. The van der Waals surface area contributed by atoms with Crippen LogP contribution in [0, 0.1) is 0 Å². The number of carbonyl (C=O) groups excluding carboxylic acids is 2. The lowest BCUT2D eigenvalue weighted by molar-refractivity contribution is -0.121. The summed E-state index contributed by atoms with van der Waals surface area (Å²) >= 11 is 1.40. The highest BCUT2D eigenvalue weighted by Crippen LogP contribution is 2.08. The maximum Gasteiger partial charge on any atom is 0.261 e. The zero-order chi connectivity index (χ0) is 16.3. The highest BCUT2D eigenvalue weighted by molar-refractivity contribution is 7.12. The minimum Gasteiger partial charge on any atom is -0.492 e. The number of hydrogen-bond donors (Lipinski definition) is 2. The van der Waals surface area contributed by atoms with Crippen LogP contribution in [0.5, 0.6) is 5.75 Å². The van der Waals surface area contributed by atoms with Crippen LogP contribution in [0.25, 0.3) is 0 Å². The number of hydrogen-bond acceptors (Lipinski definition) is 4. The zero-order valence-electron chi connectivity index (χ0n) is 12.8. The van der Waals surface area contributed by atoms with Crippen molar-refractivity contribution in [3.63, 3.8) is 0 Å². The molecule has 2 N–H and O–H groups in total. The Hall–Kier alpha value is -2.34. The van der Waals surface area contributed by atoms with Crippen LogP contribution in [-0.2, 0) is 4.79 Å². The van der Waals surface area contributed by atoms with Crippen LogP contribution in [0.4, 0.5) is 0 Å². The summed E-state index contributed by atoms with van der Waals surface area (Å²) in [5.41, 5.74) is 0. The molecular weight excluding hydrogens is 312 g/mol. The minimum absolute atomic E-state index is 0.0352. The van der Waals surface area contributed by atoms with E-state index in [-0.39, 0.29) is 11.8 Å². The monoisotopic (exact) mass is 332 g/mol. The molecule has 0 aliphatic rings. The van der Waals surface area contributed by atoms with E-state index in [1.807, 2.05) is 41.8 Å². The van der Waals surface area contributed by atoms with Gasteiger partial charge >= 0.3 is 0 Å². The summed E-state index contributed by atoms with van der Waals surface area (Å²) < 4.78 is 5.48. The van der Waals surface area contributed by atoms with Gasteiger partial charge in [0, 0.05) is 13.0 Å². The molecule has 0 radical (unpaired) electrons. The van der Waals surface area contributed by atoms with E-state index in [9.17, 15) is 9.59 Å². The van der Waals surface area contributed by atoms with Gasteiger partial charge in [0.2, 0.25) is 5.91 Å². The molecule has 5 nitrogen and oxygen atoms in total. The molecule has 0 unspecified atom stereocenters. The Kier molecular flexibility index (Phi) is 7.13. The van der Waals surface area contributed by atoms with Gasteiger partial charge in [0.1, 0.15) is 12.4 Å². The molecule has 2 rings (SSSR count). The smallest absolute Gasteiger partial charge is 0.261 e. The van der Waals surface area contributed by atoms with Crippen molar-refractivity contribution in [1.82, 2.24) is 10.6 Å². The lowest BCUT2D eigenvalue weighted by atomic mass is 10.3. The summed E-state index contributed by atoms with van der Waals surface area (Å²) in [7, 11) is 0. The summed E-state index contributed by atoms with van der Waals surface area (Å²) in [5, 5.41) is 7.45. The molecule has 0 spiro atoms. The average molecular weight is 332 g/mol. The second-order valence-electron chi connectivity index (χ2n) is 4.85. The summed E-state index contributed by atoms with van der Waals surface area (Å²) in [6.07, 6.45) is 0.999. The lowest BCUT2D eigenvalue weighted by Crippen LogP contribution is -2.29. The van der Waals surface area contributed by atoms with E-state index in [1.165, 1.54) is 11.3 Å². The van der Waals surface area contributed by atoms with Gasteiger partial charge in [0.15, 0.2) is 0 Å². The first-order valence-electron chi connectivity index (χ1n) is 7.52. The van der Waals surface area contributed by atoms with Crippen molar-refractivity contribution in [2.24, 2.45) is 0 Å². The molecule has 0 fully saturated rings. The summed E-state index contributed by atoms with van der Waals surface area (Å²) in [5.74, 6) is 0.668. The van der Waals surface area contributed by atoms with Gasteiger partial charge < -0.3 is 15.4 Å². The third-order valence-electron chi connectivity index (χ3n) is 3.05. The van der Waals surface area contributed by atoms with Crippen molar-refractivity contribution in [3.8, 4) is 5.75 Å². The largest absolute Gasteiger partial charge is 0.492 e. The second-order valence-corrected chi connectivity index (χ2v) is 5.80. The van der Waals surface area contributed by atoms with Gasteiger partial charge in [-0.25, -0.2) is 0 Å². The minimum atomic E-state index is -0.0864. The molecular formula is C17H20N2O3S. The average Bonchev–Trinajstić information content (AvgIpc) is 3.11. The zero-order valence-corrected chi connectivity index (χ0v) is 13.6. The molecule has 1 heterocycles. The number of nitrogens with one attached hydrogen (secondary N) is 2. The highest BCUT2D eigenvalue weighted by Gasteiger charge is 2.06. The molecule has 6 heteroatoms. The van der Waals surface area contributed by atoms with Crippen LogP contribution in [-0.4, -0.2) is 31.5 Å². The maximum absolute atomic E-state index is 11.7. The van der Waals surface area contributed by atoms with Gasteiger partial charge in [-0.1, -0.05) is 24.3 Å². The highest BCUT2D eigenvalue weighted by atomic mass is 32.1. The van der Waals surface area contributed by atoms with Crippen molar-refractivity contribution < 1.29 is 14.3 Å². The summed E-state index contributed by atoms with van der Waals surface area (Å²) in [6.45, 7) is 1.39. The molecule has 1 aromatic heterocycles. The van der Waals surface area contributed by atoms with Crippen molar-refractivity contribution >= 4 is 23.2 Å². The fourth-order valence-electron chi connectivity index (χ4n) is 1.91. The van der Waals surface area contributed by atoms with E-state index < -0.39 is 0 Å². The lowest BCUT2D eigenvalue weighted by Gasteiger charge is -2.08. The van der Waals surface area contributed by atoms with Crippen LogP contribution >= 0.6 is 11.3 Å². The van der Waals surface area contributed by atoms with Crippen molar-refractivity contribution in [1.29, 1.82) is 0 Å². The summed E-state index contributed by atoms with van der Waals surface area (Å²) in [4.78, 5) is 24.0. The number of para-hydroxylation sites is 1. The van der Waals surface area contributed by atoms with Crippen LogP contribution in [0.3, 0.4) is 0 Å². The molecule has 122 valence electrons. The predicted molar refractivity (Wildman–Crippen MR) is 90.8 cm³/mol. The quantitative estimate of drug-likeness (QED) is 0.693. The van der Waals surface area contributed by atoms with Gasteiger partial charge in [-0.3, -0.25) is 9.59 Å². The Morgan fingerprint density at radius 3 is 2.57 bits per heavy atom. The molecule has 0 aliphatic heterocycles. The van der Waals surface area contributed by atoms with E-state index >= 15 is 0 Å². The first kappa shape index (κ1) is 17.0. The van der Waals surface area contributed by atoms with E-state index in [0.717, 1.165) is 5.75 Å². The topological polar surface area (TPSA) is 67.4 Å². The molecule has 2 aromatic rings. The van der Waals surface area contributed by atoms with Gasteiger partial charge in [0.25, 0.3) is 5.91 Å². The first-order valence-corrected chi connectivity index (χ1v) is 8.40. The van der Waals surface area contributed by atoms with Crippen molar-refractivity contribution in [3.05, 3.63) is 52.7 Å². The number of thiophene rings is 1. The van der Waals surface area contributed by atoms with Crippen LogP contribution in [0.15, 0.2) is 47.8 Å². The van der Waals surface area contributed by atoms with Crippen molar-refractivity contribution in [2.45, 2.75) is 12.8 Å². The Morgan fingerprint density at radius 2 is 1.83 bits per heavy atom. The number of ether oxygens (including phenoxy) is 1. The number of rotatable bonds is 9. The maximum atomic E-state index is 11.7.